The minimum absolute atomic E-state index is 0. The molecule has 0 aliphatic heterocycles. The molecular weight excluding hydrogens is 143 g/mol. The number of primary amides is 1. The number of rotatable bonds is 0. The van der Waals surface area contributed by atoms with Crippen molar-refractivity contribution in [3.05, 3.63) is 0 Å². The fourth-order valence-electron chi connectivity index (χ4n) is 0. The normalized spacial score (nSPS) is 3.00. The molecule has 0 bridgehead atoms. The van der Waals surface area contributed by atoms with E-state index < -0.39 is 0 Å². The number of hydrogen-bond acceptors (Lipinski definition) is 1. The number of hydrogen-bond donors (Lipinski definition) is 1. The summed E-state index contributed by atoms with van der Waals surface area (Å²) in [6, 6.07) is 0. The van der Waals surface area contributed by atoms with Gasteiger partial charge in [0.05, 0.1) is 0 Å². The van der Waals surface area contributed by atoms with E-state index in [1.165, 1.54) is 0 Å². The summed E-state index contributed by atoms with van der Waals surface area (Å²) in [5.41, 5.74) is 4.04. The second-order valence-corrected chi connectivity index (χ2v) is 0.118. The van der Waals surface area contributed by atoms with Gasteiger partial charge in [0, 0.05) is 0 Å². The molecule has 0 aliphatic carbocycles. The van der Waals surface area contributed by atoms with Gasteiger partial charge in [0.25, 0.3) is 0 Å². The van der Waals surface area contributed by atoms with Crippen molar-refractivity contribution in [2.75, 3.05) is 0 Å². The molecule has 2 N–H and O–H groups in total. The number of carbonyl (C=O) groups excluding carboxylic acids is 1. The van der Waals surface area contributed by atoms with Gasteiger partial charge in [0.2, 0.25) is 0 Å². The molecule has 0 aromatic rings. The van der Waals surface area contributed by atoms with Crippen LogP contribution in [-0.2, 0) is 24.3 Å². The van der Waals surface area contributed by atoms with Crippen LogP contribution in [0.5, 0.6) is 0 Å². The summed E-state index contributed by atoms with van der Waals surface area (Å²) in [7, 11) is 0. The van der Waals surface area contributed by atoms with Gasteiger partial charge in [-0.2, -0.15) is 6.41 Å². The predicted molar refractivity (Wildman–Crippen MR) is 9.88 cm³/mol. The molecule has 2 nitrogen and oxygen atoms in total. The molecule has 0 fully saturated rings. The first-order valence-corrected chi connectivity index (χ1v) is 0.493. The smallest absolute Gasteiger partial charge is 0.543 e. The molecular formula is CH2NORu. The third-order valence-electron chi connectivity index (χ3n) is 0. The summed E-state index contributed by atoms with van der Waals surface area (Å²) < 4.78 is 0. The van der Waals surface area contributed by atoms with Crippen LogP contribution in [0, 0.1) is 0 Å². The van der Waals surface area contributed by atoms with Crippen molar-refractivity contribution in [2.45, 2.75) is 0 Å². The standard InChI is InChI=1S/CH2NO.Ru/c2-1-3;/h(H2,2,3);/q-1;+1. The van der Waals surface area contributed by atoms with Gasteiger partial charge in [-0.15, -0.1) is 0 Å². The SMILES string of the molecule is N[C-]=O.[Ru+]. The largest absolute Gasteiger partial charge is 1.00 e. The molecule has 25 valence electrons. The minimum Gasteiger partial charge on any atom is -0.543 e. The van der Waals surface area contributed by atoms with Crippen LogP contribution in [0.1, 0.15) is 0 Å². The first kappa shape index (κ1) is 8.94. The van der Waals surface area contributed by atoms with Crippen LogP contribution in [0.15, 0.2) is 0 Å². The Morgan fingerprint density at radius 3 is 1.75 bits per heavy atom. The number of amides is 1. The van der Waals surface area contributed by atoms with Crippen molar-refractivity contribution in [1.82, 2.24) is 0 Å². The molecule has 0 aromatic heterocycles. The molecule has 1 radical (unpaired) electrons. The van der Waals surface area contributed by atoms with Crippen LogP contribution >= 0.6 is 0 Å². The fourth-order valence-corrected chi connectivity index (χ4v) is 0. The van der Waals surface area contributed by atoms with E-state index in [4.69, 9.17) is 4.79 Å². The van der Waals surface area contributed by atoms with Gasteiger partial charge < -0.3 is 10.5 Å². The molecule has 0 atom stereocenters. The molecule has 0 saturated heterocycles. The Labute approximate surface area is 37.1 Å². The molecule has 0 rings (SSSR count). The molecule has 0 saturated carbocycles. The molecule has 3 heteroatoms. The van der Waals surface area contributed by atoms with Gasteiger partial charge in [0.15, 0.2) is 0 Å². The average Bonchev–Trinajstić information content (AvgIpc) is 0.918. The molecule has 4 heavy (non-hydrogen) atoms. The molecule has 1 amide bonds. The summed E-state index contributed by atoms with van der Waals surface area (Å²) in [4.78, 5) is 8.46. The van der Waals surface area contributed by atoms with Gasteiger partial charge in [-0.05, 0) is 0 Å². The quantitative estimate of drug-likeness (QED) is 0.265. The molecule has 0 heterocycles. The van der Waals surface area contributed by atoms with Crippen LogP contribution in [0.3, 0.4) is 0 Å². The summed E-state index contributed by atoms with van der Waals surface area (Å²) in [6.45, 7) is 0. The van der Waals surface area contributed by atoms with Crippen molar-refractivity contribution in [1.29, 1.82) is 0 Å². The second-order valence-electron chi connectivity index (χ2n) is 0.118. The van der Waals surface area contributed by atoms with Crippen LogP contribution in [-0.4, -0.2) is 6.41 Å². The zero-order valence-electron chi connectivity index (χ0n) is 1.84. The van der Waals surface area contributed by atoms with Crippen molar-refractivity contribution in [3.63, 3.8) is 0 Å². The zero-order chi connectivity index (χ0) is 2.71. The maximum Gasteiger partial charge on any atom is 1.00 e. The fraction of sp³-hybridized carbons (Fsp3) is 0. The first-order chi connectivity index (χ1) is 1.41. The van der Waals surface area contributed by atoms with E-state index in [0.717, 1.165) is 6.41 Å². The maximum atomic E-state index is 8.46. The Balaban J connectivity index is 0. The third kappa shape index (κ3) is 287. The Morgan fingerprint density at radius 1 is 1.75 bits per heavy atom. The van der Waals surface area contributed by atoms with E-state index in [0.29, 0.717) is 0 Å². The number of nitrogens with two attached hydrogens (primary N) is 1. The Morgan fingerprint density at radius 2 is 1.75 bits per heavy atom. The summed E-state index contributed by atoms with van der Waals surface area (Å²) in [6.07, 6.45) is 1.00. The molecule has 0 aliphatic rings. The van der Waals surface area contributed by atoms with Crippen LogP contribution in [0.4, 0.5) is 0 Å². The van der Waals surface area contributed by atoms with Gasteiger partial charge >= 0.3 is 19.5 Å². The average molecular weight is 145 g/mol. The van der Waals surface area contributed by atoms with E-state index in [1.54, 1.807) is 0 Å². The van der Waals surface area contributed by atoms with Crippen LogP contribution < -0.4 is 5.73 Å². The van der Waals surface area contributed by atoms with Gasteiger partial charge in [-0.25, -0.2) is 0 Å². The van der Waals surface area contributed by atoms with E-state index in [9.17, 15) is 0 Å². The van der Waals surface area contributed by atoms with Crippen LogP contribution in [0.2, 0.25) is 0 Å². The predicted octanol–water partition coefficient (Wildman–Crippen LogP) is -0.990. The maximum absolute atomic E-state index is 8.46. The second kappa shape index (κ2) is 11.3. The summed E-state index contributed by atoms with van der Waals surface area (Å²) in [5, 5.41) is 0. The van der Waals surface area contributed by atoms with Crippen molar-refractivity contribution < 1.29 is 24.3 Å². The van der Waals surface area contributed by atoms with Crippen LogP contribution in [0.25, 0.3) is 0 Å². The van der Waals surface area contributed by atoms with Crippen molar-refractivity contribution in [3.8, 4) is 0 Å². The van der Waals surface area contributed by atoms with Gasteiger partial charge in [0.1, 0.15) is 0 Å². The van der Waals surface area contributed by atoms with E-state index in [-0.39, 0.29) is 19.5 Å². The molecule has 0 unspecified atom stereocenters. The van der Waals surface area contributed by atoms with Crippen molar-refractivity contribution in [2.24, 2.45) is 5.73 Å². The Kier molecular flexibility index (Phi) is 25.3. The topological polar surface area (TPSA) is 43.1 Å². The zero-order valence-corrected chi connectivity index (χ0v) is 3.58. The van der Waals surface area contributed by atoms with E-state index in [1.807, 2.05) is 0 Å². The Hall–Kier alpha value is 0.0934. The molecule has 0 aromatic carbocycles. The van der Waals surface area contributed by atoms with E-state index >= 15 is 0 Å². The van der Waals surface area contributed by atoms with Gasteiger partial charge in [-0.3, -0.25) is 0 Å². The van der Waals surface area contributed by atoms with Crippen molar-refractivity contribution >= 4 is 6.41 Å². The van der Waals surface area contributed by atoms with E-state index in [2.05, 4.69) is 5.73 Å². The molecule has 0 spiro atoms. The monoisotopic (exact) mass is 146 g/mol. The third-order valence-corrected chi connectivity index (χ3v) is 0. The summed E-state index contributed by atoms with van der Waals surface area (Å²) in [5.74, 6) is 0. The first-order valence-electron chi connectivity index (χ1n) is 0.493. The minimum atomic E-state index is 0. The van der Waals surface area contributed by atoms with Gasteiger partial charge in [-0.1, -0.05) is 0 Å². The summed E-state index contributed by atoms with van der Waals surface area (Å²) >= 11 is 0. The Bertz CT molecular complexity index is 15.5.